The molecule has 0 bridgehead atoms. The molecule has 0 spiro atoms. The summed E-state index contributed by atoms with van der Waals surface area (Å²) < 4.78 is 2.28. The highest BCUT2D eigenvalue weighted by molar-refractivity contribution is 6.35. The summed E-state index contributed by atoms with van der Waals surface area (Å²) in [5.74, 6) is -0.601. The third-order valence-corrected chi connectivity index (χ3v) is 4.60. The van der Waals surface area contributed by atoms with Gasteiger partial charge in [-0.05, 0) is 17.7 Å². The van der Waals surface area contributed by atoms with E-state index in [-0.39, 0.29) is 18.1 Å². The Morgan fingerprint density at radius 1 is 1.13 bits per heavy atom. The number of halogens is 2. The smallest absolute Gasteiger partial charge is 0.312 e. The monoisotopic (exact) mass is 353 g/mol. The van der Waals surface area contributed by atoms with E-state index in [1.807, 2.05) is 0 Å². The molecule has 0 aliphatic carbocycles. The van der Waals surface area contributed by atoms with Gasteiger partial charge in [0.25, 0.3) is 5.56 Å². The van der Waals surface area contributed by atoms with E-state index in [1.54, 1.807) is 18.2 Å². The van der Waals surface area contributed by atoms with Gasteiger partial charge < -0.3 is 5.32 Å². The molecule has 0 unspecified atom stereocenters. The van der Waals surface area contributed by atoms with Crippen molar-refractivity contribution in [3.63, 3.8) is 0 Å². The zero-order valence-corrected chi connectivity index (χ0v) is 13.9. The van der Waals surface area contributed by atoms with E-state index >= 15 is 0 Å². The fourth-order valence-electron chi connectivity index (χ4n) is 2.86. The summed E-state index contributed by atoms with van der Waals surface area (Å²) in [5.41, 5.74) is 0.0253. The van der Waals surface area contributed by atoms with Crippen molar-refractivity contribution in [2.24, 2.45) is 14.1 Å². The van der Waals surface area contributed by atoms with Crippen LogP contribution in [0.5, 0.6) is 0 Å². The average Bonchev–Trinajstić information content (AvgIpc) is 2.50. The van der Waals surface area contributed by atoms with Gasteiger partial charge in [0.1, 0.15) is 5.82 Å². The first kappa shape index (κ1) is 15.8. The molecule has 0 saturated heterocycles. The van der Waals surface area contributed by atoms with Crippen molar-refractivity contribution in [1.82, 2.24) is 9.13 Å². The summed E-state index contributed by atoms with van der Waals surface area (Å²) in [6, 6.07) is 4.92. The highest BCUT2D eigenvalue weighted by Gasteiger charge is 2.33. The zero-order chi connectivity index (χ0) is 16.9. The second kappa shape index (κ2) is 5.54. The molecule has 0 radical (unpaired) electrons. The molecule has 2 heterocycles. The van der Waals surface area contributed by atoms with Gasteiger partial charge in [-0.2, -0.15) is 0 Å². The summed E-state index contributed by atoms with van der Waals surface area (Å²) in [6.07, 6.45) is 0.0712. The first-order valence-corrected chi connectivity index (χ1v) is 7.61. The van der Waals surface area contributed by atoms with E-state index in [2.05, 4.69) is 5.32 Å². The van der Waals surface area contributed by atoms with Gasteiger partial charge in [0.15, 0.2) is 0 Å². The van der Waals surface area contributed by atoms with Crippen LogP contribution in [-0.4, -0.2) is 15.0 Å². The highest BCUT2D eigenvalue weighted by Crippen LogP contribution is 2.38. The maximum Gasteiger partial charge on any atom is 0.332 e. The van der Waals surface area contributed by atoms with Gasteiger partial charge in [-0.15, -0.1) is 0 Å². The Hall–Kier alpha value is -2.05. The predicted molar refractivity (Wildman–Crippen MR) is 88.5 cm³/mol. The first-order valence-electron chi connectivity index (χ1n) is 6.86. The van der Waals surface area contributed by atoms with Crippen molar-refractivity contribution in [2.75, 3.05) is 5.32 Å². The predicted octanol–water partition coefficient (Wildman–Crippen LogP) is 1.86. The van der Waals surface area contributed by atoms with Crippen LogP contribution in [0.25, 0.3) is 0 Å². The lowest BCUT2D eigenvalue weighted by molar-refractivity contribution is -0.116. The first-order chi connectivity index (χ1) is 10.8. The molecule has 1 amide bonds. The Morgan fingerprint density at radius 2 is 1.83 bits per heavy atom. The SMILES string of the molecule is Cn1c2c(c(=O)n(C)c1=O)[C@H](c1ccc(Cl)cc1Cl)CC(=O)N2. The molecule has 0 saturated carbocycles. The number of carbonyl (C=O) groups excluding carboxylic acids is 1. The summed E-state index contributed by atoms with van der Waals surface area (Å²) in [7, 11) is 2.91. The molecule has 2 aromatic rings. The Kier molecular flexibility index (Phi) is 3.82. The van der Waals surface area contributed by atoms with Crippen molar-refractivity contribution in [3.05, 3.63) is 60.2 Å². The number of fused-ring (bicyclic) bond motifs is 1. The van der Waals surface area contributed by atoms with Crippen LogP contribution in [0.3, 0.4) is 0 Å². The van der Waals surface area contributed by atoms with Gasteiger partial charge in [0.2, 0.25) is 5.91 Å². The van der Waals surface area contributed by atoms with Crippen LogP contribution < -0.4 is 16.6 Å². The van der Waals surface area contributed by atoms with Crippen molar-refractivity contribution in [1.29, 1.82) is 0 Å². The molecule has 120 valence electrons. The number of benzene rings is 1. The second-order valence-corrected chi connectivity index (χ2v) is 6.28. The van der Waals surface area contributed by atoms with Gasteiger partial charge >= 0.3 is 5.69 Å². The van der Waals surface area contributed by atoms with Crippen LogP contribution in [0.2, 0.25) is 10.0 Å². The normalized spacial score (nSPS) is 16.9. The Balaban J connectivity index is 2.34. The van der Waals surface area contributed by atoms with Crippen LogP contribution in [0.1, 0.15) is 23.5 Å². The van der Waals surface area contributed by atoms with Gasteiger partial charge in [-0.3, -0.25) is 18.7 Å². The number of aromatic nitrogens is 2. The topological polar surface area (TPSA) is 73.1 Å². The Bertz CT molecular complexity index is 946. The molecular weight excluding hydrogens is 341 g/mol. The van der Waals surface area contributed by atoms with Gasteiger partial charge in [0, 0.05) is 36.5 Å². The molecule has 23 heavy (non-hydrogen) atoms. The lowest BCUT2D eigenvalue weighted by Gasteiger charge is -2.27. The molecular formula is C15H13Cl2N3O3. The van der Waals surface area contributed by atoms with Gasteiger partial charge in [0.05, 0.1) is 5.56 Å². The third kappa shape index (κ3) is 2.48. The van der Waals surface area contributed by atoms with E-state index in [0.29, 0.717) is 21.2 Å². The quantitative estimate of drug-likeness (QED) is 0.850. The maximum atomic E-state index is 12.6. The molecule has 3 rings (SSSR count). The number of nitrogens with one attached hydrogen (secondary N) is 1. The van der Waals surface area contributed by atoms with Crippen LogP contribution in [0, 0.1) is 0 Å². The third-order valence-electron chi connectivity index (χ3n) is 4.03. The number of hydrogen-bond acceptors (Lipinski definition) is 3. The Labute approximate surface area is 141 Å². The van der Waals surface area contributed by atoms with Gasteiger partial charge in [-0.25, -0.2) is 4.79 Å². The largest absolute Gasteiger partial charge is 0.332 e. The van der Waals surface area contributed by atoms with E-state index in [1.165, 1.54) is 18.7 Å². The highest BCUT2D eigenvalue weighted by atomic mass is 35.5. The number of anilines is 1. The van der Waals surface area contributed by atoms with Gasteiger partial charge in [-0.1, -0.05) is 29.3 Å². The summed E-state index contributed by atoms with van der Waals surface area (Å²) in [6.45, 7) is 0. The molecule has 1 aromatic heterocycles. The lowest BCUT2D eigenvalue weighted by Crippen LogP contribution is -2.44. The maximum absolute atomic E-state index is 12.6. The fraction of sp³-hybridized carbons (Fsp3) is 0.267. The minimum atomic E-state index is -0.533. The lowest BCUT2D eigenvalue weighted by atomic mass is 9.86. The number of hydrogen-bond donors (Lipinski definition) is 1. The Morgan fingerprint density at radius 3 is 2.48 bits per heavy atom. The molecule has 0 fully saturated rings. The number of carbonyl (C=O) groups is 1. The van der Waals surface area contributed by atoms with Crippen molar-refractivity contribution in [2.45, 2.75) is 12.3 Å². The van der Waals surface area contributed by atoms with Crippen LogP contribution in [0.15, 0.2) is 27.8 Å². The van der Waals surface area contributed by atoms with E-state index < -0.39 is 17.2 Å². The molecule has 1 aromatic carbocycles. The number of rotatable bonds is 1. The molecule has 1 aliphatic heterocycles. The molecule has 1 N–H and O–H groups in total. The van der Waals surface area contributed by atoms with Crippen molar-refractivity contribution < 1.29 is 4.79 Å². The van der Waals surface area contributed by atoms with E-state index in [9.17, 15) is 14.4 Å². The minimum absolute atomic E-state index is 0.0712. The van der Waals surface area contributed by atoms with Crippen molar-refractivity contribution >= 4 is 34.9 Å². The number of nitrogens with zero attached hydrogens (tertiary/aromatic N) is 2. The van der Waals surface area contributed by atoms with Crippen LogP contribution in [0.4, 0.5) is 5.82 Å². The molecule has 1 atom stereocenters. The average molecular weight is 354 g/mol. The van der Waals surface area contributed by atoms with Crippen molar-refractivity contribution in [3.8, 4) is 0 Å². The van der Waals surface area contributed by atoms with E-state index in [0.717, 1.165) is 4.57 Å². The standard InChI is InChI=1S/C15H13Cl2N3O3/c1-19-13-12(14(22)20(2)15(19)23)9(6-11(21)18-13)8-4-3-7(16)5-10(8)17/h3-5,9H,6H2,1-2H3,(H,18,21)/t9-/m0/s1. The molecule has 8 heteroatoms. The van der Waals surface area contributed by atoms with Crippen LogP contribution >= 0.6 is 23.2 Å². The zero-order valence-electron chi connectivity index (χ0n) is 12.4. The number of amides is 1. The van der Waals surface area contributed by atoms with Crippen LogP contribution in [-0.2, 0) is 18.9 Å². The fourth-order valence-corrected chi connectivity index (χ4v) is 3.40. The minimum Gasteiger partial charge on any atom is -0.312 e. The summed E-state index contributed by atoms with van der Waals surface area (Å²) in [5, 5.41) is 3.45. The molecule has 6 nitrogen and oxygen atoms in total. The molecule has 1 aliphatic rings. The van der Waals surface area contributed by atoms with E-state index in [4.69, 9.17) is 23.2 Å². The summed E-state index contributed by atoms with van der Waals surface area (Å²) >= 11 is 12.2. The second-order valence-electron chi connectivity index (χ2n) is 5.44. The summed E-state index contributed by atoms with van der Waals surface area (Å²) in [4.78, 5) is 36.7.